The fraction of sp³-hybridized carbons (Fsp3) is 1.00. The highest BCUT2D eigenvalue weighted by atomic mass is 17.4. The van der Waals surface area contributed by atoms with Crippen molar-refractivity contribution in [1.29, 1.82) is 0 Å². The van der Waals surface area contributed by atoms with Gasteiger partial charge in [0.15, 0.2) is 0 Å². The van der Waals surface area contributed by atoms with Gasteiger partial charge < -0.3 is 0 Å². The molecule has 0 aromatic carbocycles. The number of rotatable bonds is 2. The molecule has 8 heavy (non-hydrogen) atoms. The maximum Gasteiger partial charge on any atom is -0.0538 e. The van der Waals surface area contributed by atoms with Crippen molar-refractivity contribution in [3.63, 3.8) is 0 Å². The largest absolute Gasteiger partial charge is 0.221 e. The Hall–Kier alpha value is -0.120. The van der Waals surface area contributed by atoms with E-state index in [2.05, 4.69) is 18.9 Å². The normalized spacial score (nSPS) is 7.50. The Balaban J connectivity index is 0. The fourth-order valence-electron chi connectivity index (χ4n) is 0.354. The van der Waals surface area contributed by atoms with Crippen LogP contribution in [0.4, 0.5) is 0 Å². The quantitative estimate of drug-likeness (QED) is 0.435. The third kappa shape index (κ3) is 39.6. The zero-order valence-corrected chi connectivity index (χ0v) is 5.42. The van der Waals surface area contributed by atoms with Crippen molar-refractivity contribution in [2.75, 3.05) is 0 Å². The summed E-state index contributed by atoms with van der Waals surface area (Å²) in [5.41, 5.74) is 0. The lowest BCUT2D eigenvalue weighted by Crippen LogP contribution is -1.60. The van der Waals surface area contributed by atoms with Crippen LogP contribution in [0, 0.1) is 0 Å². The summed E-state index contributed by atoms with van der Waals surface area (Å²) >= 11 is 0. The summed E-state index contributed by atoms with van der Waals surface area (Å²) < 4.78 is 0. The second-order valence-corrected chi connectivity index (χ2v) is 1.44. The van der Waals surface area contributed by atoms with E-state index in [-0.39, 0.29) is 0 Å². The fourth-order valence-corrected chi connectivity index (χ4v) is 0.354. The first-order valence-corrected chi connectivity index (χ1v) is 2.78. The van der Waals surface area contributed by atoms with E-state index in [1.807, 2.05) is 0 Å². The summed E-state index contributed by atoms with van der Waals surface area (Å²) in [4.78, 5) is 0. The molecule has 3 heteroatoms. The molecular formula is C5H14O3. The van der Waals surface area contributed by atoms with Crippen LogP contribution >= 0.6 is 0 Å². The van der Waals surface area contributed by atoms with Crippen LogP contribution in [0.3, 0.4) is 0 Å². The Morgan fingerprint density at radius 2 is 1.38 bits per heavy atom. The van der Waals surface area contributed by atoms with Crippen molar-refractivity contribution in [1.82, 2.24) is 0 Å². The van der Waals surface area contributed by atoms with Crippen LogP contribution in [0.2, 0.25) is 0 Å². The van der Waals surface area contributed by atoms with Gasteiger partial charge in [-0.1, -0.05) is 38.1 Å². The first-order valence-electron chi connectivity index (χ1n) is 2.78. The summed E-state index contributed by atoms with van der Waals surface area (Å²) in [6, 6.07) is 0. The second kappa shape index (κ2) is 15.8. The maximum absolute atomic E-state index is 6.62. The van der Waals surface area contributed by atoms with Gasteiger partial charge in [0.2, 0.25) is 0 Å². The van der Waals surface area contributed by atoms with Gasteiger partial charge in [-0.05, 0) is 0 Å². The highest BCUT2D eigenvalue weighted by Crippen LogP contribution is 1.88. The molecule has 0 atom stereocenters. The maximum atomic E-state index is 6.62. The Morgan fingerprint density at radius 3 is 1.38 bits per heavy atom. The minimum atomic E-state index is 1.34. The second-order valence-electron chi connectivity index (χ2n) is 1.44. The van der Waals surface area contributed by atoms with Gasteiger partial charge in [0.25, 0.3) is 0 Å². The van der Waals surface area contributed by atoms with Crippen LogP contribution in [0.5, 0.6) is 0 Å². The third-order valence-electron chi connectivity index (χ3n) is 0.707. The monoisotopic (exact) mass is 122 g/mol. The van der Waals surface area contributed by atoms with E-state index in [4.69, 9.17) is 10.5 Å². The molecule has 0 saturated carbocycles. The van der Waals surface area contributed by atoms with E-state index in [1.165, 1.54) is 19.3 Å². The van der Waals surface area contributed by atoms with E-state index in [9.17, 15) is 0 Å². The lowest BCUT2D eigenvalue weighted by atomic mass is 10.3. The molecule has 0 unspecified atom stereocenters. The van der Waals surface area contributed by atoms with Crippen molar-refractivity contribution >= 4 is 0 Å². The van der Waals surface area contributed by atoms with Gasteiger partial charge in [0.05, 0.1) is 0 Å². The molecule has 0 spiro atoms. The lowest BCUT2D eigenvalue weighted by molar-refractivity contribution is -0.465. The van der Waals surface area contributed by atoms with Gasteiger partial charge in [-0.2, -0.15) is 0 Å². The van der Waals surface area contributed by atoms with Gasteiger partial charge in [0.1, 0.15) is 0 Å². The topological polar surface area (TPSA) is 49.7 Å². The average molecular weight is 122 g/mol. The van der Waals surface area contributed by atoms with Crippen LogP contribution in [0.15, 0.2) is 0 Å². The van der Waals surface area contributed by atoms with E-state index in [1.54, 1.807) is 0 Å². The van der Waals surface area contributed by atoms with Crippen molar-refractivity contribution in [3.05, 3.63) is 0 Å². The predicted molar refractivity (Wildman–Crippen MR) is 31.5 cm³/mol. The van der Waals surface area contributed by atoms with E-state index < -0.39 is 0 Å². The van der Waals surface area contributed by atoms with Gasteiger partial charge in [-0.3, -0.25) is 0 Å². The molecule has 0 amide bonds. The molecule has 0 aliphatic rings. The van der Waals surface area contributed by atoms with Crippen LogP contribution in [0.25, 0.3) is 0 Å². The zero-order chi connectivity index (χ0) is 6.83. The van der Waals surface area contributed by atoms with E-state index in [0.717, 1.165) is 0 Å². The highest BCUT2D eigenvalue weighted by molar-refractivity contribution is 4.24. The Kier molecular flexibility index (Phi) is 21.3. The SMILES string of the molecule is CCCCC.OOO. The first-order chi connectivity index (χ1) is 3.83. The Bertz CT molecular complexity index is 21.6. The lowest BCUT2D eigenvalue weighted by Gasteiger charge is -1.79. The molecule has 52 valence electrons. The molecule has 0 aromatic heterocycles. The average Bonchev–Trinajstić information content (AvgIpc) is 1.71. The highest BCUT2D eigenvalue weighted by Gasteiger charge is 1.68. The van der Waals surface area contributed by atoms with Crippen LogP contribution in [-0.4, -0.2) is 10.5 Å². The summed E-state index contributed by atoms with van der Waals surface area (Å²) in [6.07, 6.45) is 4.08. The third-order valence-corrected chi connectivity index (χ3v) is 0.707. The van der Waals surface area contributed by atoms with Gasteiger partial charge in [0, 0.05) is 0 Å². The van der Waals surface area contributed by atoms with Crippen molar-refractivity contribution in [2.45, 2.75) is 33.1 Å². The molecule has 0 rings (SSSR count). The summed E-state index contributed by atoms with van der Waals surface area (Å²) in [5.74, 6) is 0. The smallest absolute Gasteiger partial charge is 0.0538 e. The molecule has 0 aliphatic carbocycles. The molecule has 0 aliphatic heterocycles. The van der Waals surface area contributed by atoms with Crippen LogP contribution in [0.1, 0.15) is 33.1 Å². The number of unbranched alkanes of at least 4 members (excludes halogenated alkanes) is 2. The molecule has 0 fully saturated rings. The molecule has 0 heterocycles. The molecule has 0 saturated heterocycles. The molecule has 0 aromatic rings. The first kappa shape index (κ1) is 10.8. The molecular weight excluding hydrogens is 108 g/mol. The summed E-state index contributed by atoms with van der Waals surface area (Å²) in [7, 11) is 0. The molecule has 0 bridgehead atoms. The van der Waals surface area contributed by atoms with Gasteiger partial charge in [-0.25, -0.2) is 10.5 Å². The number of hydrogen-bond acceptors (Lipinski definition) is 3. The van der Waals surface area contributed by atoms with Crippen molar-refractivity contribution in [3.8, 4) is 0 Å². The standard InChI is InChI=1S/C5H12.H2O3/c1-3-5-4-2;1-3-2/h3-5H2,1-2H3;1-2H. The van der Waals surface area contributed by atoms with Crippen molar-refractivity contribution < 1.29 is 15.6 Å². The Morgan fingerprint density at radius 1 is 1.12 bits per heavy atom. The minimum absolute atomic E-state index is 1.34. The summed E-state index contributed by atoms with van der Waals surface area (Å²) in [6.45, 7) is 4.42. The van der Waals surface area contributed by atoms with Gasteiger partial charge >= 0.3 is 0 Å². The minimum Gasteiger partial charge on any atom is -0.221 e. The summed E-state index contributed by atoms with van der Waals surface area (Å²) in [5, 5.41) is 15.5. The van der Waals surface area contributed by atoms with E-state index in [0.29, 0.717) is 0 Å². The van der Waals surface area contributed by atoms with Gasteiger partial charge in [-0.15, -0.1) is 0 Å². The predicted octanol–water partition coefficient (Wildman–Crippen LogP) is 2.15. The molecule has 2 N–H and O–H groups in total. The number of hydrogen-bond donors (Lipinski definition) is 2. The Labute approximate surface area is 49.8 Å². The molecule has 3 nitrogen and oxygen atoms in total. The van der Waals surface area contributed by atoms with Crippen LogP contribution < -0.4 is 0 Å². The van der Waals surface area contributed by atoms with Crippen molar-refractivity contribution in [2.24, 2.45) is 0 Å². The van der Waals surface area contributed by atoms with Crippen LogP contribution in [-0.2, 0) is 5.04 Å². The van der Waals surface area contributed by atoms with E-state index >= 15 is 0 Å². The zero-order valence-electron chi connectivity index (χ0n) is 5.42. The molecule has 0 radical (unpaired) electrons.